The Morgan fingerprint density at radius 1 is 1.56 bits per heavy atom. The molecule has 0 bridgehead atoms. The van der Waals surface area contributed by atoms with Gasteiger partial charge in [0.15, 0.2) is 5.13 Å². The smallest absolute Gasteiger partial charge is 0.276 e. The molecule has 5 nitrogen and oxygen atoms in total. The average molecular weight is 282 g/mol. The minimum atomic E-state index is -0.240. The van der Waals surface area contributed by atoms with Gasteiger partial charge in [0, 0.05) is 23.0 Å². The largest absolute Gasteiger partial charge is 0.325 e. The first-order valence-corrected chi connectivity index (χ1v) is 7.21. The number of nitrogens with two attached hydrogens (primary N) is 1. The van der Waals surface area contributed by atoms with Crippen LogP contribution >= 0.6 is 22.7 Å². The minimum absolute atomic E-state index is 0.240. The molecule has 0 aliphatic heterocycles. The predicted molar refractivity (Wildman–Crippen MR) is 74.2 cm³/mol. The van der Waals surface area contributed by atoms with Gasteiger partial charge in [-0.3, -0.25) is 10.1 Å². The molecule has 0 atom stereocenters. The molecule has 7 heteroatoms. The number of nitrogens with zero attached hydrogens (tertiary/aromatic N) is 2. The normalized spacial score (nSPS) is 10.9. The predicted octanol–water partition coefficient (Wildman–Crippen LogP) is 2.43. The van der Waals surface area contributed by atoms with Gasteiger partial charge in [0.05, 0.1) is 0 Å². The van der Waals surface area contributed by atoms with E-state index in [2.05, 4.69) is 29.1 Å². The van der Waals surface area contributed by atoms with E-state index in [4.69, 9.17) is 5.73 Å². The van der Waals surface area contributed by atoms with E-state index < -0.39 is 0 Å². The summed E-state index contributed by atoms with van der Waals surface area (Å²) in [6.07, 6.45) is 1.79. The fourth-order valence-corrected chi connectivity index (χ4v) is 2.75. The third-order valence-corrected chi connectivity index (χ3v) is 4.36. The van der Waals surface area contributed by atoms with Crippen molar-refractivity contribution in [1.29, 1.82) is 0 Å². The summed E-state index contributed by atoms with van der Waals surface area (Å²) in [5.41, 5.74) is 5.85. The first-order chi connectivity index (χ1) is 8.60. The standard InChI is InChI=1S/C11H14N4OS2/c1-6(2)8-4-13-11(18-8)15-10(16)7-5-17-9(3-12)14-7/h4-6H,3,12H2,1-2H3,(H,13,15,16). The Balaban J connectivity index is 2.06. The summed E-state index contributed by atoms with van der Waals surface area (Å²) in [6.45, 7) is 4.53. The molecular formula is C11H14N4OS2. The molecule has 2 rings (SSSR count). The Morgan fingerprint density at radius 3 is 2.89 bits per heavy atom. The zero-order valence-electron chi connectivity index (χ0n) is 10.1. The summed E-state index contributed by atoms with van der Waals surface area (Å²) >= 11 is 2.87. The van der Waals surface area contributed by atoms with Gasteiger partial charge in [-0.15, -0.1) is 22.7 Å². The lowest BCUT2D eigenvalue weighted by Crippen LogP contribution is -2.12. The second-order valence-corrected chi connectivity index (χ2v) is 6.01. The lowest BCUT2D eigenvalue weighted by Gasteiger charge is -1.98. The monoisotopic (exact) mass is 282 g/mol. The molecule has 2 heterocycles. The first-order valence-electron chi connectivity index (χ1n) is 5.51. The molecule has 0 spiro atoms. The van der Waals surface area contributed by atoms with Crippen molar-refractivity contribution >= 4 is 33.7 Å². The van der Waals surface area contributed by atoms with Crippen molar-refractivity contribution in [3.8, 4) is 0 Å². The summed E-state index contributed by atoms with van der Waals surface area (Å²) in [4.78, 5) is 21.3. The maximum absolute atomic E-state index is 11.9. The van der Waals surface area contributed by atoms with Crippen molar-refractivity contribution in [2.24, 2.45) is 5.73 Å². The number of thiazole rings is 2. The van der Waals surface area contributed by atoms with Crippen molar-refractivity contribution in [3.05, 3.63) is 27.2 Å². The van der Waals surface area contributed by atoms with Crippen LogP contribution in [0.1, 0.15) is 40.1 Å². The van der Waals surface area contributed by atoms with Crippen molar-refractivity contribution in [2.45, 2.75) is 26.3 Å². The zero-order valence-corrected chi connectivity index (χ0v) is 11.8. The number of anilines is 1. The fraction of sp³-hybridized carbons (Fsp3) is 0.364. The molecule has 1 amide bonds. The van der Waals surface area contributed by atoms with E-state index in [1.54, 1.807) is 11.6 Å². The number of nitrogens with one attached hydrogen (secondary N) is 1. The Morgan fingerprint density at radius 2 is 2.33 bits per heavy atom. The molecule has 96 valence electrons. The van der Waals surface area contributed by atoms with Crippen LogP contribution in [0.15, 0.2) is 11.6 Å². The molecule has 0 radical (unpaired) electrons. The topological polar surface area (TPSA) is 80.9 Å². The Bertz CT molecular complexity index is 547. The first kappa shape index (κ1) is 13.1. The van der Waals surface area contributed by atoms with Gasteiger partial charge >= 0.3 is 0 Å². The Kier molecular flexibility index (Phi) is 4.05. The van der Waals surface area contributed by atoms with Gasteiger partial charge in [-0.2, -0.15) is 0 Å². The van der Waals surface area contributed by atoms with Crippen LogP contribution in [0.2, 0.25) is 0 Å². The second-order valence-electron chi connectivity index (χ2n) is 4.01. The lowest BCUT2D eigenvalue weighted by molar-refractivity contribution is 0.102. The molecule has 2 aromatic heterocycles. The molecule has 0 saturated heterocycles. The van der Waals surface area contributed by atoms with E-state index in [0.717, 1.165) is 9.88 Å². The van der Waals surface area contributed by atoms with Gasteiger partial charge in [-0.05, 0) is 5.92 Å². The van der Waals surface area contributed by atoms with Gasteiger partial charge in [0.2, 0.25) is 0 Å². The van der Waals surface area contributed by atoms with Gasteiger partial charge in [0.25, 0.3) is 5.91 Å². The highest BCUT2D eigenvalue weighted by molar-refractivity contribution is 7.15. The minimum Gasteiger partial charge on any atom is -0.325 e. The summed E-state index contributed by atoms with van der Waals surface area (Å²) in [5.74, 6) is 0.173. The molecule has 0 unspecified atom stereocenters. The highest BCUT2D eigenvalue weighted by atomic mass is 32.1. The molecule has 0 saturated carbocycles. The van der Waals surface area contributed by atoms with Gasteiger partial charge in [-0.1, -0.05) is 13.8 Å². The Labute approximate surface area is 113 Å². The van der Waals surface area contributed by atoms with Gasteiger partial charge < -0.3 is 5.73 Å². The van der Waals surface area contributed by atoms with Crippen LogP contribution in [0.5, 0.6) is 0 Å². The van der Waals surface area contributed by atoms with Crippen LogP contribution in [0.4, 0.5) is 5.13 Å². The quantitative estimate of drug-likeness (QED) is 0.902. The number of carbonyl (C=O) groups is 1. The average Bonchev–Trinajstić information content (AvgIpc) is 2.96. The number of rotatable bonds is 4. The molecular weight excluding hydrogens is 268 g/mol. The second kappa shape index (κ2) is 5.55. The summed E-state index contributed by atoms with van der Waals surface area (Å²) < 4.78 is 0. The zero-order chi connectivity index (χ0) is 13.1. The maximum atomic E-state index is 11.9. The van der Waals surface area contributed by atoms with Crippen molar-refractivity contribution < 1.29 is 4.79 Å². The molecule has 0 aliphatic carbocycles. The third-order valence-electron chi connectivity index (χ3n) is 2.27. The number of hydrogen-bond donors (Lipinski definition) is 2. The van der Waals surface area contributed by atoms with Crippen LogP contribution in [0, 0.1) is 0 Å². The van der Waals surface area contributed by atoms with Gasteiger partial charge in [0.1, 0.15) is 10.7 Å². The van der Waals surface area contributed by atoms with Crippen LogP contribution in [0.25, 0.3) is 0 Å². The van der Waals surface area contributed by atoms with Crippen LogP contribution < -0.4 is 11.1 Å². The number of carbonyl (C=O) groups excluding carboxylic acids is 1. The molecule has 2 aromatic rings. The third kappa shape index (κ3) is 2.92. The highest BCUT2D eigenvalue weighted by Crippen LogP contribution is 2.25. The van der Waals surface area contributed by atoms with Crippen LogP contribution in [0.3, 0.4) is 0 Å². The number of aromatic nitrogens is 2. The van der Waals surface area contributed by atoms with E-state index in [-0.39, 0.29) is 5.91 Å². The SMILES string of the molecule is CC(C)c1cnc(NC(=O)c2csc(CN)n2)s1. The van der Waals surface area contributed by atoms with Crippen LogP contribution in [-0.4, -0.2) is 15.9 Å². The molecule has 0 fully saturated rings. The van der Waals surface area contributed by atoms with E-state index in [1.165, 1.54) is 22.7 Å². The highest BCUT2D eigenvalue weighted by Gasteiger charge is 2.13. The summed E-state index contributed by atoms with van der Waals surface area (Å²) in [5, 5.41) is 5.80. The Hall–Kier alpha value is -1.31. The molecule has 18 heavy (non-hydrogen) atoms. The van der Waals surface area contributed by atoms with E-state index >= 15 is 0 Å². The maximum Gasteiger partial charge on any atom is 0.276 e. The molecule has 0 aliphatic rings. The van der Waals surface area contributed by atoms with Crippen LogP contribution in [-0.2, 0) is 6.54 Å². The summed E-state index contributed by atoms with van der Waals surface area (Å²) in [7, 11) is 0. The van der Waals surface area contributed by atoms with Crippen molar-refractivity contribution in [1.82, 2.24) is 9.97 Å². The summed E-state index contributed by atoms with van der Waals surface area (Å²) in [6, 6.07) is 0. The van der Waals surface area contributed by atoms with E-state index in [1.807, 2.05) is 0 Å². The number of amides is 1. The molecule has 0 aromatic carbocycles. The lowest BCUT2D eigenvalue weighted by atomic mass is 10.2. The van der Waals surface area contributed by atoms with Gasteiger partial charge in [-0.25, -0.2) is 9.97 Å². The fourth-order valence-electron chi connectivity index (χ4n) is 1.28. The number of hydrogen-bond acceptors (Lipinski definition) is 6. The molecule has 3 N–H and O–H groups in total. The van der Waals surface area contributed by atoms with Crippen molar-refractivity contribution in [3.63, 3.8) is 0 Å². The van der Waals surface area contributed by atoms with Crippen molar-refractivity contribution in [2.75, 3.05) is 5.32 Å². The van der Waals surface area contributed by atoms with E-state index in [0.29, 0.717) is 23.3 Å². The van der Waals surface area contributed by atoms with E-state index in [9.17, 15) is 4.79 Å².